The monoisotopic (exact) mass is 317 g/mol. The van der Waals surface area contributed by atoms with Crippen LogP contribution in [-0.2, 0) is 0 Å². The molecular weight excluding hydrogens is 286 g/mol. The average molecular weight is 317 g/mol. The van der Waals surface area contributed by atoms with Crippen molar-refractivity contribution in [2.75, 3.05) is 43.4 Å². The molecule has 2 aliphatic rings. The SMILES string of the molecule is CCC1(CC)CN(CCN2CCCCC2)c2c(N)cccc2O1. The van der Waals surface area contributed by atoms with E-state index in [1.807, 2.05) is 12.1 Å². The van der Waals surface area contributed by atoms with E-state index < -0.39 is 0 Å². The lowest BCUT2D eigenvalue weighted by Gasteiger charge is -2.45. The van der Waals surface area contributed by atoms with E-state index in [0.29, 0.717) is 0 Å². The van der Waals surface area contributed by atoms with Crippen molar-refractivity contribution in [1.82, 2.24) is 4.90 Å². The summed E-state index contributed by atoms with van der Waals surface area (Å²) in [5.41, 5.74) is 8.13. The Balaban J connectivity index is 1.79. The topological polar surface area (TPSA) is 41.7 Å². The van der Waals surface area contributed by atoms with Crippen LogP contribution in [-0.4, -0.2) is 43.2 Å². The summed E-state index contributed by atoms with van der Waals surface area (Å²) in [5, 5.41) is 0. The first-order valence-electron chi connectivity index (χ1n) is 9.22. The number of fused-ring (bicyclic) bond motifs is 1. The predicted molar refractivity (Wildman–Crippen MR) is 97.3 cm³/mol. The van der Waals surface area contributed by atoms with Crippen LogP contribution in [0, 0.1) is 0 Å². The molecule has 0 atom stereocenters. The van der Waals surface area contributed by atoms with Crippen LogP contribution in [0.1, 0.15) is 46.0 Å². The van der Waals surface area contributed by atoms with Crippen LogP contribution < -0.4 is 15.4 Å². The van der Waals surface area contributed by atoms with Crippen molar-refractivity contribution in [2.24, 2.45) is 0 Å². The molecule has 0 saturated carbocycles. The van der Waals surface area contributed by atoms with E-state index in [9.17, 15) is 0 Å². The zero-order chi connectivity index (χ0) is 16.3. The van der Waals surface area contributed by atoms with Crippen molar-refractivity contribution in [3.63, 3.8) is 0 Å². The number of likely N-dealkylation sites (tertiary alicyclic amines) is 1. The number of rotatable bonds is 5. The molecule has 0 amide bonds. The lowest BCUT2D eigenvalue weighted by atomic mass is 9.93. The third-order valence-electron chi connectivity index (χ3n) is 5.58. The number of hydrogen-bond acceptors (Lipinski definition) is 4. The highest BCUT2D eigenvalue weighted by atomic mass is 16.5. The van der Waals surface area contributed by atoms with Gasteiger partial charge in [-0.15, -0.1) is 0 Å². The molecule has 4 nitrogen and oxygen atoms in total. The van der Waals surface area contributed by atoms with Crippen molar-refractivity contribution in [3.05, 3.63) is 18.2 Å². The molecule has 0 unspecified atom stereocenters. The van der Waals surface area contributed by atoms with Crippen LogP contribution in [0.3, 0.4) is 0 Å². The Morgan fingerprint density at radius 3 is 2.52 bits per heavy atom. The first-order valence-corrected chi connectivity index (χ1v) is 9.22. The number of hydrogen-bond donors (Lipinski definition) is 1. The number of para-hydroxylation sites is 1. The number of nitrogens with two attached hydrogens (primary N) is 1. The van der Waals surface area contributed by atoms with Gasteiger partial charge in [-0.1, -0.05) is 26.3 Å². The lowest BCUT2D eigenvalue weighted by Crippen LogP contribution is -2.52. The highest BCUT2D eigenvalue weighted by Gasteiger charge is 2.37. The normalized spacial score (nSPS) is 20.9. The second-order valence-electron chi connectivity index (χ2n) is 7.01. The zero-order valence-electron chi connectivity index (χ0n) is 14.7. The standard InChI is InChI=1S/C19H31N3O/c1-3-19(4-2)15-22(14-13-21-11-6-5-7-12-21)18-16(20)9-8-10-17(18)23-19/h8-10H,3-7,11-15,20H2,1-2H3. The highest BCUT2D eigenvalue weighted by Crippen LogP contribution is 2.42. The molecule has 1 saturated heterocycles. The maximum Gasteiger partial charge on any atom is 0.145 e. The number of piperidine rings is 1. The van der Waals surface area contributed by atoms with Crippen molar-refractivity contribution in [2.45, 2.75) is 51.6 Å². The summed E-state index contributed by atoms with van der Waals surface area (Å²) in [6.45, 7) is 10.0. The fraction of sp³-hybridized carbons (Fsp3) is 0.684. The third kappa shape index (κ3) is 3.42. The molecule has 4 heteroatoms. The van der Waals surface area contributed by atoms with Crippen molar-refractivity contribution in [1.29, 1.82) is 0 Å². The molecule has 1 fully saturated rings. The number of nitrogens with zero attached hydrogens (tertiary/aromatic N) is 2. The Morgan fingerprint density at radius 2 is 1.83 bits per heavy atom. The van der Waals surface area contributed by atoms with Gasteiger partial charge in [0.05, 0.1) is 12.2 Å². The summed E-state index contributed by atoms with van der Waals surface area (Å²) in [7, 11) is 0. The second kappa shape index (κ2) is 7.00. The number of nitrogen functional groups attached to an aromatic ring is 1. The minimum Gasteiger partial charge on any atom is -0.483 e. The summed E-state index contributed by atoms with van der Waals surface area (Å²) >= 11 is 0. The Bertz CT molecular complexity index is 521. The predicted octanol–water partition coefficient (Wildman–Crippen LogP) is 3.51. The van der Waals surface area contributed by atoms with Crippen LogP contribution in [0.5, 0.6) is 5.75 Å². The molecular formula is C19H31N3O. The molecule has 1 aromatic rings. The molecule has 3 rings (SSSR count). The molecule has 2 heterocycles. The lowest BCUT2D eigenvalue weighted by molar-refractivity contribution is 0.0568. The van der Waals surface area contributed by atoms with Gasteiger partial charge >= 0.3 is 0 Å². The average Bonchev–Trinajstić information content (AvgIpc) is 2.60. The number of benzene rings is 1. The van der Waals surface area contributed by atoms with Gasteiger partial charge in [0.1, 0.15) is 17.0 Å². The Hall–Kier alpha value is -1.42. The molecule has 0 spiro atoms. The van der Waals surface area contributed by atoms with Crippen molar-refractivity contribution >= 4 is 11.4 Å². The first kappa shape index (κ1) is 16.4. The minimum atomic E-state index is -0.0807. The van der Waals surface area contributed by atoms with Gasteiger partial charge in [-0.25, -0.2) is 0 Å². The van der Waals surface area contributed by atoms with Gasteiger partial charge < -0.3 is 20.3 Å². The third-order valence-corrected chi connectivity index (χ3v) is 5.58. The van der Waals surface area contributed by atoms with Gasteiger partial charge in [0.2, 0.25) is 0 Å². The van der Waals surface area contributed by atoms with Crippen LogP contribution >= 0.6 is 0 Å². The maximum absolute atomic E-state index is 6.39. The van der Waals surface area contributed by atoms with E-state index in [0.717, 1.165) is 49.6 Å². The van der Waals surface area contributed by atoms with Crippen molar-refractivity contribution < 1.29 is 4.74 Å². The smallest absolute Gasteiger partial charge is 0.145 e. The van der Waals surface area contributed by atoms with Gasteiger partial charge in [-0.2, -0.15) is 0 Å². The molecule has 1 aromatic carbocycles. The first-order chi connectivity index (χ1) is 11.2. The molecule has 128 valence electrons. The fourth-order valence-corrected chi connectivity index (χ4v) is 3.91. The van der Waals surface area contributed by atoms with E-state index in [1.165, 1.54) is 32.4 Å². The Labute approximate surface area is 140 Å². The zero-order valence-corrected chi connectivity index (χ0v) is 14.7. The molecule has 23 heavy (non-hydrogen) atoms. The molecule has 0 bridgehead atoms. The summed E-state index contributed by atoms with van der Waals surface area (Å²) < 4.78 is 6.39. The number of ether oxygens (including phenoxy) is 1. The fourth-order valence-electron chi connectivity index (χ4n) is 3.91. The van der Waals surface area contributed by atoms with Gasteiger partial charge in [0.15, 0.2) is 0 Å². The van der Waals surface area contributed by atoms with Crippen LogP contribution in [0.25, 0.3) is 0 Å². The summed E-state index contributed by atoms with van der Waals surface area (Å²) in [5.74, 6) is 0.957. The van der Waals surface area contributed by atoms with Gasteiger partial charge in [0, 0.05) is 13.1 Å². The van der Waals surface area contributed by atoms with Crippen LogP contribution in [0.15, 0.2) is 18.2 Å². The van der Waals surface area contributed by atoms with E-state index in [4.69, 9.17) is 10.5 Å². The summed E-state index contributed by atoms with van der Waals surface area (Å²) in [6.07, 6.45) is 6.12. The molecule has 0 aliphatic carbocycles. The Morgan fingerprint density at radius 1 is 1.09 bits per heavy atom. The number of anilines is 2. The summed E-state index contributed by atoms with van der Waals surface area (Å²) in [4.78, 5) is 5.06. The minimum absolute atomic E-state index is 0.0807. The van der Waals surface area contributed by atoms with Crippen LogP contribution in [0.4, 0.5) is 11.4 Å². The highest BCUT2D eigenvalue weighted by molar-refractivity contribution is 5.76. The van der Waals surface area contributed by atoms with E-state index >= 15 is 0 Å². The van der Waals surface area contributed by atoms with Crippen molar-refractivity contribution in [3.8, 4) is 5.75 Å². The van der Waals surface area contributed by atoms with E-state index in [2.05, 4.69) is 29.7 Å². The van der Waals surface area contributed by atoms with Gasteiger partial charge in [-0.3, -0.25) is 0 Å². The largest absolute Gasteiger partial charge is 0.483 e. The summed E-state index contributed by atoms with van der Waals surface area (Å²) in [6, 6.07) is 6.05. The van der Waals surface area contributed by atoms with E-state index in [1.54, 1.807) is 0 Å². The maximum atomic E-state index is 6.39. The Kier molecular flexibility index (Phi) is 5.00. The molecule has 0 aromatic heterocycles. The second-order valence-corrected chi connectivity index (χ2v) is 7.01. The van der Waals surface area contributed by atoms with E-state index in [-0.39, 0.29) is 5.60 Å². The van der Waals surface area contributed by atoms with Crippen LogP contribution in [0.2, 0.25) is 0 Å². The molecule has 2 N–H and O–H groups in total. The van der Waals surface area contributed by atoms with Gasteiger partial charge in [0.25, 0.3) is 0 Å². The van der Waals surface area contributed by atoms with Gasteiger partial charge in [-0.05, 0) is 50.9 Å². The molecule has 2 aliphatic heterocycles. The molecule has 0 radical (unpaired) electrons. The quantitative estimate of drug-likeness (QED) is 0.844.